The van der Waals surface area contributed by atoms with E-state index in [0.717, 1.165) is 16.9 Å². The van der Waals surface area contributed by atoms with Crippen LogP contribution in [0.1, 0.15) is 0 Å². The molecule has 0 unspecified atom stereocenters. The number of para-hydroxylation sites is 1. The molecule has 4 heteroatoms. The van der Waals surface area contributed by atoms with Gasteiger partial charge in [-0.05, 0) is 28.1 Å². The summed E-state index contributed by atoms with van der Waals surface area (Å²) in [5, 5.41) is 0. The quantitative estimate of drug-likeness (QED) is 0.706. The van der Waals surface area contributed by atoms with Gasteiger partial charge in [0.1, 0.15) is 4.47 Å². The number of rotatable bonds is 2. The van der Waals surface area contributed by atoms with Gasteiger partial charge in [-0.3, -0.25) is 9.48 Å². The number of benzene rings is 2. The number of aromatic nitrogens is 2. The van der Waals surface area contributed by atoms with Crippen LogP contribution in [0.4, 0.5) is 0 Å². The zero-order chi connectivity index (χ0) is 14.1. The second-order valence-corrected chi connectivity index (χ2v) is 5.30. The Morgan fingerprint density at radius 1 is 0.900 bits per heavy atom. The SMILES string of the molecule is Cn1c(-c2ccccc2)c(Br)c(=O)n1-c1ccccc1. The van der Waals surface area contributed by atoms with Crippen LogP contribution in [0, 0.1) is 0 Å². The van der Waals surface area contributed by atoms with E-state index in [2.05, 4.69) is 15.9 Å². The first-order valence-corrected chi connectivity index (χ1v) is 7.08. The lowest BCUT2D eigenvalue weighted by molar-refractivity contribution is 0.652. The van der Waals surface area contributed by atoms with Crippen LogP contribution in [0.3, 0.4) is 0 Å². The van der Waals surface area contributed by atoms with Crippen molar-refractivity contribution in [1.29, 1.82) is 0 Å². The number of hydrogen-bond donors (Lipinski definition) is 0. The second-order valence-electron chi connectivity index (χ2n) is 4.50. The summed E-state index contributed by atoms with van der Waals surface area (Å²) in [4.78, 5) is 12.5. The van der Waals surface area contributed by atoms with Gasteiger partial charge < -0.3 is 0 Å². The summed E-state index contributed by atoms with van der Waals surface area (Å²) >= 11 is 3.43. The summed E-state index contributed by atoms with van der Waals surface area (Å²) < 4.78 is 4.11. The molecule has 20 heavy (non-hydrogen) atoms. The third-order valence-electron chi connectivity index (χ3n) is 3.26. The van der Waals surface area contributed by atoms with Crippen molar-refractivity contribution in [2.45, 2.75) is 0 Å². The van der Waals surface area contributed by atoms with Gasteiger partial charge in [0.2, 0.25) is 0 Å². The number of hydrogen-bond acceptors (Lipinski definition) is 1. The van der Waals surface area contributed by atoms with Crippen molar-refractivity contribution in [2.24, 2.45) is 7.05 Å². The Kier molecular flexibility index (Phi) is 3.32. The average Bonchev–Trinajstić information content (AvgIpc) is 2.71. The molecular formula is C16H13BrN2O. The maximum Gasteiger partial charge on any atom is 0.286 e. The van der Waals surface area contributed by atoms with Gasteiger partial charge in [0.15, 0.2) is 0 Å². The summed E-state index contributed by atoms with van der Waals surface area (Å²) in [6.45, 7) is 0. The lowest BCUT2D eigenvalue weighted by Gasteiger charge is -2.09. The molecule has 0 radical (unpaired) electrons. The zero-order valence-corrected chi connectivity index (χ0v) is 12.5. The van der Waals surface area contributed by atoms with E-state index < -0.39 is 0 Å². The molecule has 0 spiro atoms. The number of halogens is 1. The Labute approximate surface area is 125 Å². The predicted molar refractivity (Wildman–Crippen MR) is 84.1 cm³/mol. The Hall–Kier alpha value is -2.07. The molecule has 3 nitrogen and oxygen atoms in total. The van der Waals surface area contributed by atoms with E-state index in [1.165, 1.54) is 0 Å². The van der Waals surface area contributed by atoms with Gasteiger partial charge in [0.05, 0.1) is 11.4 Å². The number of nitrogens with zero attached hydrogens (tertiary/aromatic N) is 2. The van der Waals surface area contributed by atoms with Gasteiger partial charge in [-0.2, -0.15) is 0 Å². The summed E-state index contributed by atoms with van der Waals surface area (Å²) in [7, 11) is 1.89. The van der Waals surface area contributed by atoms with Crippen LogP contribution in [0.15, 0.2) is 69.9 Å². The molecule has 1 heterocycles. The minimum Gasteiger partial charge on any atom is -0.279 e. The van der Waals surface area contributed by atoms with Crippen LogP contribution in [-0.2, 0) is 7.05 Å². The van der Waals surface area contributed by atoms with Crippen molar-refractivity contribution in [3.05, 3.63) is 75.5 Å². The van der Waals surface area contributed by atoms with Crippen LogP contribution in [0.2, 0.25) is 0 Å². The minimum atomic E-state index is -0.0578. The van der Waals surface area contributed by atoms with Gasteiger partial charge in [-0.25, -0.2) is 4.68 Å². The zero-order valence-electron chi connectivity index (χ0n) is 11.0. The van der Waals surface area contributed by atoms with Crippen molar-refractivity contribution < 1.29 is 0 Å². The molecule has 0 aliphatic carbocycles. The molecule has 0 fully saturated rings. The molecule has 0 saturated heterocycles. The van der Waals surface area contributed by atoms with Crippen LogP contribution in [0.5, 0.6) is 0 Å². The monoisotopic (exact) mass is 328 g/mol. The average molecular weight is 329 g/mol. The standard InChI is InChI=1S/C16H13BrN2O/c1-18-15(12-8-4-2-5-9-12)14(17)16(20)19(18)13-10-6-3-7-11-13/h2-11H,1H3. The van der Waals surface area contributed by atoms with Gasteiger partial charge in [0.25, 0.3) is 5.56 Å². The molecule has 0 N–H and O–H groups in total. The molecule has 0 atom stereocenters. The summed E-state index contributed by atoms with van der Waals surface area (Å²) in [6.07, 6.45) is 0. The van der Waals surface area contributed by atoms with E-state index in [1.807, 2.05) is 72.4 Å². The summed E-state index contributed by atoms with van der Waals surface area (Å²) in [5.74, 6) is 0. The van der Waals surface area contributed by atoms with Crippen molar-refractivity contribution >= 4 is 15.9 Å². The topological polar surface area (TPSA) is 26.9 Å². The van der Waals surface area contributed by atoms with Crippen molar-refractivity contribution in [3.8, 4) is 16.9 Å². The Balaban J connectivity index is 2.28. The highest BCUT2D eigenvalue weighted by Crippen LogP contribution is 2.26. The predicted octanol–water partition coefficient (Wildman–Crippen LogP) is 3.61. The van der Waals surface area contributed by atoms with Crippen LogP contribution in [0.25, 0.3) is 16.9 Å². The molecule has 0 bridgehead atoms. The first-order valence-electron chi connectivity index (χ1n) is 6.28. The largest absolute Gasteiger partial charge is 0.286 e. The Morgan fingerprint density at radius 2 is 1.45 bits per heavy atom. The van der Waals surface area contributed by atoms with E-state index >= 15 is 0 Å². The lowest BCUT2D eigenvalue weighted by Crippen LogP contribution is -2.19. The molecule has 0 aliphatic heterocycles. The lowest BCUT2D eigenvalue weighted by atomic mass is 10.1. The minimum absolute atomic E-state index is 0.0578. The normalized spacial score (nSPS) is 10.7. The molecule has 0 amide bonds. The summed E-state index contributed by atoms with van der Waals surface area (Å²) in [6, 6.07) is 19.5. The van der Waals surface area contributed by atoms with Crippen LogP contribution in [-0.4, -0.2) is 9.36 Å². The van der Waals surface area contributed by atoms with Crippen LogP contribution < -0.4 is 5.56 Å². The van der Waals surface area contributed by atoms with E-state index in [9.17, 15) is 4.79 Å². The van der Waals surface area contributed by atoms with Gasteiger partial charge in [-0.15, -0.1) is 0 Å². The molecule has 1 aromatic heterocycles. The van der Waals surface area contributed by atoms with Crippen molar-refractivity contribution in [3.63, 3.8) is 0 Å². The highest BCUT2D eigenvalue weighted by Gasteiger charge is 2.17. The maximum atomic E-state index is 12.5. The molecule has 0 aliphatic rings. The van der Waals surface area contributed by atoms with Crippen molar-refractivity contribution in [1.82, 2.24) is 9.36 Å². The van der Waals surface area contributed by atoms with E-state index in [0.29, 0.717) is 4.47 Å². The van der Waals surface area contributed by atoms with Gasteiger partial charge >= 0.3 is 0 Å². The Bertz CT molecular complexity index is 789. The maximum absolute atomic E-state index is 12.5. The first-order chi connectivity index (χ1) is 9.70. The van der Waals surface area contributed by atoms with Crippen molar-refractivity contribution in [2.75, 3.05) is 0 Å². The molecule has 0 saturated carbocycles. The molecule has 2 aromatic carbocycles. The molecular weight excluding hydrogens is 316 g/mol. The fraction of sp³-hybridized carbons (Fsp3) is 0.0625. The fourth-order valence-corrected chi connectivity index (χ4v) is 3.00. The fourth-order valence-electron chi connectivity index (χ4n) is 2.34. The summed E-state index contributed by atoms with van der Waals surface area (Å²) in [5.41, 5.74) is 2.67. The van der Waals surface area contributed by atoms with Gasteiger partial charge in [0, 0.05) is 12.6 Å². The van der Waals surface area contributed by atoms with E-state index in [-0.39, 0.29) is 5.56 Å². The highest BCUT2D eigenvalue weighted by molar-refractivity contribution is 9.10. The molecule has 3 aromatic rings. The Morgan fingerprint density at radius 3 is 2.05 bits per heavy atom. The van der Waals surface area contributed by atoms with E-state index in [4.69, 9.17) is 0 Å². The molecule has 100 valence electrons. The molecule has 3 rings (SSSR count). The second kappa shape index (κ2) is 5.13. The third-order valence-corrected chi connectivity index (χ3v) is 3.97. The highest BCUT2D eigenvalue weighted by atomic mass is 79.9. The first kappa shape index (κ1) is 12.9. The smallest absolute Gasteiger partial charge is 0.279 e. The van der Waals surface area contributed by atoms with E-state index in [1.54, 1.807) is 4.68 Å². The van der Waals surface area contributed by atoms with Crippen LogP contribution >= 0.6 is 15.9 Å². The van der Waals surface area contributed by atoms with Gasteiger partial charge in [-0.1, -0.05) is 48.5 Å². The third kappa shape index (κ3) is 2.02.